The third-order valence-electron chi connectivity index (χ3n) is 5.54. The Bertz CT molecular complexity index is 1260. The van der Waals surface area contributed by atoms with Gasteiger partial charge in [0.2, 0.25) is 0 Å². The van der Waals surface area contributed by atoms with Crippen LogP contribution in [0.1, 0.15) is 40.7 Å². The van der Waals surface area contributed by atoms with Gasteiger partial charge in [0, 0.05) is 15.6 Å². The zero-order chi connectivity index (χ0) is 20.1. The van der Waals surface area contributed by atoms with Crippen molar-refractivity contribution in [3.63, 3.8) is 0 Å². The number of carbonyl (C=O) groups is 1. The summed E-state index contributed by atoms with van der Waals surface area (Å²) in [7, 11) is 0. The van der Waals surface area contributed by atoms with E-state index in [2.05, 4.69) is 39.2 Å². The van der Waals surface area contributed by atoms with E-state index in [1.165, 1.54) is 41.1 Å². The number of thiophene rings is 1. The summed E-state index contributed by atoms with van der Waals surface area (Å²) in [6, 6.07) is 8.04. The minimum Gasteiger partial charge on any atom is -0.397 e. The molecule has 0 aliphatic heterocycles. The number of carbonyl (C=O) groups excluding carboxylic acids is 1. The van der Waals surface area contributed by atoms with E-state index >= 15 is 0 Å². The molecule has 1 aromatic carbocycles. The lowest BCUT2D eigenvalue weighted by Crippen LogP contribution is -2.14. The van der Waals surface area contributed by atoms with E-state index in [0.717, 1.165) is 43.4 Å². The summed E-state index contributed by atoms with van der Waals surface area (Å²) < 4.78 is 1.98. The molecule has 0 fully saturated rings. The Morgan fingerprint density at radius 2 is 2.17 bits per heavy atom. The first-order valence-corrected chi connectivity index (χ1v) is 12.0. The number of halogens is 1. The molecule has 8 heteroatoms. The molecule has 0 radical (unpaired) electrons. The summed E-state index contributed by atoms with van der Waals surface area (Å²) >= 11 is 6.26. The van der Waals surface area contributed by atoms with Crippen molar-refractivity contribution < 1.29 is 4.79 Å². The molecule has 1 unspecified atom stereocenters. The van der Waals surface area contributed by atoms with Crippen molar-refractivity contribution in [2.24, 2.45) is 5.92 Å². The topological polar surface area (TPSA) is 80.9 Å². The van der Waals surface area contributed by atoms with Crippen molar-refractivity contribution in [2.75, 3.05) is 11.1 Å². The number of rotatable bonds is 3. The largest absolute Gasteiger partial charge is 0.397 e. The van der Waals surface area contributed by atoms with Gasteiger partial charge in [-0.25, -0.2) is 9.97 Å². The number of thiazole rings is 1. The standard InChI is InChI=1S/C21H19BrN4OS2/c1-2-10-3-5-14-11(7-10)8-13-17(23)18(29-20(13)24-14)19(27)26-21-25-15-9-12(22)4-6-16(15)28-21/h4,6,8-10H,2-3,5,7,23H2,1H3,(H,25,26,27). The van der Waals surface area contributed by atoms with E-state index in [9.17, 15) is 4.79 Å². The summed E-state index contributed by atoms with van der Waals surface area (Å²) in [5.74, 6) is 0.483. The van der Waals surface area contributed by atoms with Gasteiger partial charge in [-0.1, -0.05) is 40.6 Å². The summed E-state index contributed by atoms with van der Waals surface area (Å²) in [6.07, 6.45) is 4.42. The maximum atomic E-state index is 12.9. The number of aryl methyl sites for hydroxylation is 1. The Hall–Kier alpha value is -2.03. The smallest absolute Gasteiger partial charge is 0.269 e. The quantitative estimate of drug-likeness (QED) is 0.371. The van der Waals surface area contributed by atoms with Crippen molar-refractivity contribution >= 4 is 75.8 Å². The number of pyridine rings is 1. The van der Waals surface area contributed by atoms with Crippen LogP contribution in [0.3, 0.4) is 0 Å². The number of nitrogens with zero attached hydrogens (tertiary/aromatic N) is 2. The van der Waals surface area contributed by atoms with Crippen LogP contribution >= 0.6 is 38.6 Å². The first-order valence-electron chi connectivity index (χ1n) is 9.60. The molecule has 5 nitrogen and oxygen atoms in total. The van der Waals surface area contributed by atoms with Crippen molar-refractivity contribution in [1.82, 2.24) is 9.97 Å². The molecule has 3 heterocycles. The van der Waals surface area contributed by atoms with Crippen LogP contribution in [0, 0.1) is 5.92 Å². The van der Waals surface area contributed by atoms with E-state index in [0.29, 0.717) is 21.6 Å². The van der Waals surface area contributed by atoms with Gasteiger partial charge in [0.25, 0.3) is 5.91 Å². The van der Waals surface area contributed by atoms with Crippen LogP contribution in [0.25, 0.3) is 20.4 Å². The maximum Gasteiger partial charge on any atom is 0.269 e. The second kappa shape index (κ2) is 7.34. The fourth-order valence-electron chi connectivity index (χ4n) is 3.89. The first-order chi connectivity index (χ1) is 14.0. The second-order valence-corrected chi connectivity index (χ2v) is 10.3. The number of nitrogen functional groups attached to an aromatic ring is 1. The van der Waals surface area contributed by atoms with Crippen molar-refractivity contribution in [3.8, 4) is 0 Å². The molecule has 29 heavy (non-hydrogen) atoms. The third-order valence-corrected chi connectivity index (χ3v) is 8.10. The average molecular weight is 487 g/mol. The van der Waals surface area contributed by atoms with Gasteiger partial charge in [-0.05, 0) is 55.0 Å². The van der Waals surface area contributed by atoms with Gasteiger partial charge >= 0.3 is 0 Å². The molecule has 0 spiro atoms. The highest BCUT2D eigenvalue weighted by Crippen LogP contribution is 2.37. The summed E-state index contributed by atoms with van der Waals surface area (Å²) in [5, 5.41) is 4.37. The minimum absolute atomic E-state index is 0.229. The molecule has 5 rings (SSSR count). The number of benzene rings is 1. The van der Waals surface area contributed by atoms with Gasteiger partial charge in [0.15, 0.2) is 5.13 Å². The van der Waals surface area contributed by atoms with Gasteiger partial charge in [-0.3, -0.25) is 10.1 Å². The number of amides is 1. The molecule has 3 aromatic heterocycles. The summed E-state index contributed by atoms with van der Waals surface area (Å²) in [4.78, 5) is 23.6. The highest BCUT2D eigenvalue weighted by molar-refractivity contribution is 9.10. The fraction of sp³-hybridized carbons (Fsp3) is 0.286. The van der Waals surface area contributed by atoms with Crippen molar-refractivity contribution in [3.05, 3.63) is 44.9 Å². The molecule has 0 saturated heterocycles. The molecule has 0 saturated carbocycles. The summed E-state index contributed by atoms with van der Waals surface area (Å²) in [5.41, 5.74) is 10.2. The van der Waals surface area contributed by atoms with E-state index in [-0.39, 0.29) is 5.91 Å². The molecule has 1 aliphatic carbocycles. The number of hydrogen-bond donors (Lipinski definition) is 2. The van der Waals surface area contributed by atoms with Crippen LogP contribution in [0.2, 0.25) is 0 Å². The zero-order valence-electron chi connectivity index (χ0n) is 15.8. The predicted molar refractivity (Wildman–Crippen MR) is 125 cm³/mol. The molecule has 148 valence electrons. The lowest BCUT2D eigenvalue weighted by atomic mass is 9.85. The second-order valence-electron chi connectivity index (χ2n) is 7.39. The number of nitrogens with two attached hydrogens (primary N) is 1. The van der Waals surface area contributed by atoms with Gasteiger partial charge in [-0.15, -0.1) is 11.3 Å². The number of hydrogen-bond acceptors (Lipinski definition) is 6. The fourth-order valence-corrected chi connectivity index (χ4v) is 6.07. The number of nitrogens with one attached hydrogen (secondary N) is 1. The van der Waals surface area contributed by atoms with Crippen molar-refractivity contribution in [2.45, 2.75) is 32.6 Å². The molecule has 1 atom stereocenters. The number of anilines is 2. The molecular formula is C21H19BrN4OS2. The van der Waals surface area contributed by atoms with Crippen LogP contribution in [0.15, 0.2) is 28.7 Å². The van der Waals surface area contributed by atoms with Crippen LogP contribution in [0.4, 0.5) is 10.8 Å². The third kappa shape index (κ3) is 3.43. The van der Waals surface area contributed by atoms with E-state index < -0.39 is 0 Å². The molecule has 1 aliphatic rings. The highest BCUT2D eigenvalue weighted by atomic mass is 79.9. The van der Waals surface area contributed by atoms with Crippen LogP contribution in [-0.4, -0.2) is 15.9 Å². The Morgan fingerprint density at radius 3 is 3.00 bits per heavy atom. The molecule has 1 amide bonds. The lowest BCUT2D eigenvalue weighted by molar-refractivity contribution is 0.103. The highest BCUT2D eigenvalue weighted by Gasteiger charge is 2.23. The Morgan fingerprint density at radius 1 is 1.31 bits per heavy atom. The number of fused-ring (bicyclic) bond motifs is 3. The van der Waals surface area contributed by atoms with Crippen LogP contribution in [-0.2, 0) is 12.8 Å². The first kappa shape index (κ1) is 19.0. The van der Waals surface area contributed by atoms with E-state index in [1.807, 2.05) is 18.2 Å². The molecule has 0 bridgehead atoms. The van der Waals surface area contributed by atoms with E-state index in [4.69, 9.17) is 10.7 Å². The average Bonchev–Trinajstić information content (AvgIpc) is 3.25. The zero-order valence-corrected chi connectivity index (χ0v) is 19.0. The molecular weight excluding hydrogens is 468 g/mol. The van der Waals surface area contributed by atoms with Gasteiger partial charge in [0.05, 0.1) is 15.9 Å². The lowest BCUT2D eigenvalue weighted by Gasteiger charge is -2.22. The van der Waals surface area contributed by atoms with E-state index in [1.54, 1.807) is 0 Å². The Labute approximate surface area is 184 Å². The monoisotopic (exact) mass is 486 g/mol. The van der Waals surface area contributed by atoms with Crippen LogP contribution in [0.5, 0.6) is 0 Å². The van der Waals surface area contributed by atoms with Gasteiger partial charge < -0.3 is 5.73 Å². The Kier molecular flexibility index (Phi) is 4.80. The van der Waals surface area contributed by atoms with Crippen molar-refractivity contribution in [1.29, 1.82) is 0 Å². The van der Waals surface area contributed by atoms with Gasteiger partial charge in [0.1, 0.15) is 9.71 Å². The SMILES string of the molecule is CCC1CCc2nc3sc(C(=O)Nc4nc5cc(Br)ccc5s4)c(N)c3cc2C1. The molecule has 4 aromatic rings. The van der Waals surface area contributed by atoms with Crippen LogP contribution < -0.4 is 11.1 Å². The Balaban J connectivity index is 1.47. The van der Waals surface area contributed by atoms with Gasteiger partial charge in [-0.2, -0.15) is 0 Å². The predicted octanol–water partition coefficient (Wildman–Crippen LogP) is 6.02. The minimum atomic E-state index is -0.229. The number of aromatic nitrogens is 2. The summed E-state index contributed by atoms with van der Waals surface area (Å²) in [6.45, 7) is 2.24. The normalized spacial score (nSPS) is 16.3. The molecule has 3 N–H and O–H groups in total. The maximum absolute atomic E-state index is 12.9.